The van der Waals surface area contributed by atoms with E-state index in [4.69, 9.17) is 0 Å². The molecule has 0 unspecified atom stereocenters. The Balaban J connectivity index is 2.36. The second kappa shape index (κ2) is 7.10. The Bertz CT molecular complexity index is 845. The standard InChI is InChI=1S/C15H20N4O4S/c1-4-17-10-13(12(3)16-17)11-18(5-2)24(22,23)15-8-6-7-14(9-15)19(20)21/h6-10H,4-5,11H2,1-3H3. The van der Waals surface area contributed by atoms with Crippen LogP contribution in [0.25, 0.3) is 0 Å². The number of rotatable bonds is 7. The molecular weight excluding hydrogens is 332 g/mol. The van der Waals surface area contributed by atoms with E-state index in [1.165, 1.54) is 22.5 Å². The fourth-order valence-corrected chi connectivity index (χ4v) is 3.81. The Labute approximate surface area is 140 Å². The predicted molar refractivity (Wildman–Crippen MR) is 89.0 cm³/mol. The quantitative estimate of drug-likeness (QED) is 0.562. The highest BCUT2D eigenvalue weighted by molar-refractivity contribution is 7.89. The highest BCUT2D eigenvalue weighted by atomic mass is 32.2. The lowest BCUT2D eigenvalue weighted by Crippen LogP contribution is -2.30. The van der Waals surface area contributed by atoms with Crippen LogP contribution in [0.3, 0.4) is 0 Å². The van der Waals surface area contributed by atoms with Gasteiger partial charge in [0.15, 0.2) is 0 Å². The normalized spacial score (nSPS) is 11.8. The zero-order chi connectivity index (χ0) is 17.9. The molecule has 0 bridgehead atoms. The molecule has 0 fully saturated rings. The maximum atomic E-state index is 12.8. The summed E-state index contributed by atoms with van der Waals surface area (Å²) in [6.45, 7) is 6.64. The van der Waals surface area contributed by atoms with Crippen molar-refractivity contribution in [3.8, 4) is 0 Å². The van der Waals surface area contributed by atoms with E-state index in [0.29, 0.717) is 6.54 Å². The zero-order valence-electron chi connectivity index (χ0n) is 13.8. The molecule has 24 heavy (non-hydrogen) atoms. The minimum atomic E-state index is -3.83. The number of nitrogens with zero attached hydrogens (tertiary/aromatic N) is 4. The number of nitro groups is 1. The fourth-order valence-electron chi connectivity index (χ4n) is 2.34. The maximum Gasteiger partial charge on any atom is 0.270 e. The van der Waals surface area contributed by atoms with Gasteiger partial charge in [-0.1, -0.05) is 13.0 Å². The Morgan fingerprint density at radius 1 is 1.33 bits per heavy atom. The first-order chi connectivity index (χ1) is 11.3. The Hall–Kier alpha value is -2.26. The second-order valence-corrected chi connectivity index (χ2v) is 7.22. The van der Waals surface area contributed by atoms with Gasteiger partial charge in [-0.15, -0.1) is 0 Å². The van der Waals surface area contributed by atoms with Gasteiger partial charge in [-0.05, 0) is 19.9 Å². The summed E-state index contributed by atoms with van der Waals surface area (Å²) in [6.07, 6.45) is 1.82. The van der Waals surface area contributed by atoms with Crippen LogP contribution in [0.1, 0.15) is 25.1 Å². The van der Waals surface area contributed by atoms with Crippen molar-refractivity contribution >= 4 is 15.7 Å². The number of non-ortho nitro benzene ring substituents is 1. The van der Waals surface area contributed by atoms with Crippen LogP contribution in [0.15, 0.2) is 35.4 Å². The molecule has 9 heteroatoms. The molecule has 1 aromatic carbocycles. The zero-order valence-corrected chi connectivity index (χ0v) is 14.7. The molecule has 0 spiro atoms. The van der Waals surface area contributed by atoms with Crippen molar-refractivity contribution in [3.63, 3.8) is 0 Å². The first-order valence-electron chi connectivity index (χ1n) is 7.57. The van der Waals surface area contributed by atoms with Gasteiger partial charge in [-0.3, -0.25) is 14.8 Å². The van der Waals surface area contributed by atoms with E-state index < -0.39 is 14.9 Å². The van der Waals surface area contributed by atoms with E-state index in [1.807, 2.05) is 20.0 Å². The molecule has 0 saturated carbocycles. The summed E-state index contributed by atoms with van der Waals surface area (Å²) in [4.78, 5) is 10.2. The van der Waals surface area contributed by atoms with Crippen LogP contribution in [0.4, 0.5) is 5.69 Å². The smallest absolute Gasteiger partial charge is 0.270 e. The summed E-state index contributed by atoms with van der Waals surface area (Å²) in [5, 5.41) is 15.2. The number of aryl methyl sites for hydroxylation is 2. The minimum Gasteiger partial charge on any atom is -0.272 e. The van der Waals surface area contributed by atoms with Gasteiger partial charge in [-0.2, -0.15) is 9.40 Å². The Morgan fingerprint density at radius 2 is 2.04 bits per heavy atom. The maximum absolute atomic E-state index is 12.8. The van der Waals surface area contributed by atoms with Crippen molar-refractivity contribution in [2.75, 3.05) is 6.54 Å². The van der Waals surface area contributed by atoms with Gasteiger partial charge in [0.25, 0.3) is 5.69 Å². The van der Waals surface area contributed by atoms with E-state index >= 15 is 0 Å². The lowest BCUT2D eigenvalue weighted by atomic mass is 10.2. The van der Waals surface area contributed by atoms with Crippen LogP contribution >= 0.6 is 0 Å². The summed E-state index contributed by atoms with van der Waals surface area (Å²) in [5.74, 6) is 0. The number of aromatic nitrogens is 2. The molecule has 130 valence electrons. The van der Waals surface area contributed by atoms with Crippen molar-refractivity contribution in [2.45, 2.75) is 38.8 Å². The first kappa shape index (κ1) is 18.1. The van der Waals surface area contributed by atoms with Crippen molar-refractivity contribution < 1.29 is 13.3 Å². The SMILES string of the molecule is CCN(Cc1cn(CC)nc1C)S(=O)(=O)c1cccc([N+](=O)[O-])c1. The summed E-state index contributed by atoms with van der Waals surface area (Å²) < 4.78 is 28.6. The molecule has 0 N–H and O–H groups in total. The predicted octanol–water partition coefficient (Wildman–Crippen LogP) is 2.33. The van der Waals surface area contributed by atoms with Crippen LogP contribution in [0.2, 0.25) is 0 Å². The number of hydrogen-bond donors (Lipinski definition) is 0. The van der Waals surface area contributed by atoms with Crippen LogP contribution < -0.4 is 0 Å². The number of hydrogen-bond acceptors (Lipinski definition) is 5. The van der Waals surface area contributed by atoms with Crippen molar-refractivity contribution in [1.82, 2.24) is 14.1 Å². The highest BCUT2D eigenvalue weighted by Crippen LogP contribution is 2.23. The van der Waals surface area contributed by atoms with E-state index in [9.17, 15) is 18.5 Å². The Kier molecular flexibility index (Phi) is 5.35. The third-order valence-electron chi connectivity index (χ3n) is 3.74. The number of sulfonamides is 1. The van der Waals surface area contributed by atoms with Crippen molar-refractivity contribution in [1.29, 1.82) is 0 Å². The third-order valence-corrected chi connectivity index (χ3v) is 5.65. The highest BCUT2D eigenvalue weighted by Gasteiger charge is 2.26. The van der Waals surface area contributed by atoms with Crippen molar-refractivity contribution in [3.05, 3.63) is 51.8 Å². The van der Waals surface area contributed by atoms with Gasteiger partial charge in [0.1, 0.15) is 0 Å². The van der Waals surface area contributed by atoms with Crippen LogP contribution in [-0.2, 0) is 23.1 Å². The van der Waals surface area contributed by atoms with Crippen LogP contribution in [0.5, 0.6) is 0 Å². The van der Waals surface area contributed by atoms with Gasteiger partial charge >= 0.3 is 0 Å². The molecule has 0 amide bonds. The lowest BCUT2D eigenvalue weighted by Gasteiger charge is -2.20. The third kappa shape index (κ3) is 3.62. The Morgan fingerprint density at radius 3 is 2.58 bits per heavy atom. The molecule has 2 rings (SSSR count). The minimum absolute atomic E-state index is 0.0842. The van der Waals surface area contributed by atoms with E-state index in [1.54, 1.807) is 11.6 Å². The number of benzene rings is 1. The molecule has 1 heterocycles. The van der Waals surface area contributed by atoms with E-state index in [0.717, 1.165) is 17.3 Å². The molecule has 8 nitrogen and oxygen atoms in total. The van der Waals surface area contributed by atoms with Gasteiger partial charge in [-0.25, -0.2) is 8.42 Å². The summed E-state index contributed by atoms with van der Waals surface area (Å²) >= 11 is 0. The molecular formula is C15H20N4O4S. The van der Waals surface area contributed by atoms with E-state index in [-0.39, 0.29) is 23.7 Å². The lowest BCUT2D eigenvalue weighted by molar-refractivity contribution is -0.385. The summed E-state index contributed by atoms with van der Waals surface area (Å²) in [5.41, 5.74) is 1.33. The van der Waals surface area contributed by atoms with E-state index in [2.05, 4.69) is 5.10 Å². The summed E-state index contributed by atoms with van der Waals surface area (Å²) in [6, 6.07) is 5.09. The fraction of sp³-hybridized carbons (Fsp3) is 0.400. The second-order valence-electron chi connectivity index (χ2n) is 5.28. The summed E-state index contributed by atoms with van der Waals surface area (Å²) in [7, 11) is -3.83. The molecule has 0 atom stereocenters. The molecule has 2 aromatic rings. The molecule has 1 aromatic heterocycles. The van der Waals surface area contributed by atoms with Gasteiger partial charge in [0.05, 0.1) is 15.5 Å². The average molecular weight is 352 g/mol. The molecule has 0 aliphatic carbocycles. The first-order valence-corrected chi connectivity index (χ1v) is 9.01. The van der Waals surface area contributed by atoms with Gasteiger partial charge < -0.3 is 0 Å². The molecule has 0 aliphatic heterocycles. The molecule has 0 radical (unpaired) electrons. The largest absolute Gasteiger partial charge is 0.272 e. The number of nitro benzene ring substituents is 1. The average Bonchev–Trinajstić information content (AvgIpc) is 2.92. The van der Waals surface area contributed by atoms with Gasteiger partial charge in [0, 0.05) is 43.5 Å². The van der Waals surface area contributed by atoms with Crippen LogP contribution in [0, 0.1) is 17.0 Å². The molecule has 0 saturated heterocycles. The van der Waals surface area contributed by atoms with Crippen molar-refractivity contribution in [2.24, 2.45) is 0 Å². The topological polar surface area (TPSA) is 98.3 Å². The van der Waals surface area contributed by atoms with Gasteiger partial charge in [0.2, 0.25) is 10.0 Å². The molecule has 0 aliphatic rings. The monoisotopic (exact) mass is 352 g/mol. The van der Waals surface area contributed by atoms with Crippen LogP contribution in [-0.4, -0.2) is 34.0 Å².